The first kappa shape index (κ1) is 20.1. The van der Waals surface area contributed by atoms with Gasteiger partial charge in [-0.1, -0.05) is 0 Å². The maximum atomic E-state index is 13.5. The fourth-order valence-corrected chi connectivity index (χ4v) is 2.57. The maximum Gasteiger partial charge on any atom is 0.293 e. The van der Waals surface area contributed by atoms with E-state index in [1.165, 1.54) is 17.0 Å². The molecule has 1 aliphatic rings. The van der Waals surface area contributed by atoms with E-state index in [2.05, 4.69) is 10.3 Å². The van der Waals surface area contributed by atoms with Gasteiger partial charge < -0.3 is 19.5 Å². The van der Waals surface area contributed by atoms with Crippen molar-refractivity contribution in [1.82, 2.24) is 14.9 Å². The van der Waals surface area contributed by atoms with Crippen molar-refractivity contribution in [3.05, 3.63) is 52.3 Å². The summed E-state index contributed by atoms with van der Waals surface area (Å²) in [5.74, 6) is -3.52. The highest BCUT2D eigenvalue weighted by atomic mass is 35.5. The number of piperazine rings is 1. The molecule has 142 valence electrons. The van der Waals surface area contributed by atoms with Crippen molar-refractivity contribution < 1.29 is 17.9 Å². The van der Waals surface area contributed by atoms with Crippen LogP contribution in [0.1, 0.15) is 0 Å². The minimum absolute atomic E-state index is 0. The number of ether oxygens (including phenoxy) is 1. The number of nitrogens with zero attached hydrogens (tertiary/aromatic N) is 3. The molecule has 0 radical (unpaired) electrons. The van der Waals surface area contributed by atoms with Gasteiger partial charge in [-0.25, -0.2) is 18.2 Å². The van der Waals surface area contributed by atoms with Crippen LogP contribution in [0.15, 0.2) is 29.3 Å². The molecule has 3 rings (SSSR count). The van der Waals surface area contributed by atoms with Crippen molar-refractivity contribution in [2.45, 2.75) is 6.54 Å². The van der Waals surface area contributed by atoms with Gasteiger partial charge >= 0.3 is 0 Å². The summed E-state index contributed by atoms with van der Waals surface area (Å²) in [6, 6.07) is 1.07. The molecule has 1 aromatic carbocycles. The Labute approximate surface area is 154 Å². The van der Waals surface area contributed by atoms with Gasteiger partial charge in [0.25, 0.3) is 5.56 Å². The van der Waals surface area contributed by atoms with Gasteiger partial charge in [-0.05, 0) is 0 Å². The lowest BCUT2D eigenvalue weighted by Gasteiger charge is -2.27. The number of benzene rings is 1. The molecule has 10 heteroatoms. The van der Waals surface area contributed by atoms with E-state index in [1.54, 1.807) is 0 Å². The molecule has 1 aromatic heterocycles. The molecule has 2 aromatic rings. The highest BCUT2D eigenvalue weighted by Crippen LogP contribution is 2.20. The van der Waals surface area contributed by atoms with Crippen molar-refractivity contribution in [3.8, 4) is 5.75 Å². The summed E-state index contributed by atoms with van der Waals surface area (Å²) >= 11 is 0. The third kappa shape index (κ3) is 4.47. The highest BCUT2D eigenvalue weighted by Gasteiger charge is 2.16. The van der Waals surface area contributed by atoms with E-state index in [4.69, 9.17) is 4.74 Å². The largest absolute Gasteiger partial charge is 0.489 e. The smallest absolute Gasteiger partial charge is 0.293 e. The van der Waals surface area contributed by atoms with E-state index in [1.807, 2.05) is 4.90 Å². The Kier molecular flexibility index (Phi) is 6.87. The minimum atomic E-state index is -1.28. The summed E-state index contributed by atoms with van der Waals surface area (Å²) < 4.78 is 46.1. The van der Waals surface area contributed by atoms with E-state index in [-0.39, 0.29) is 31.1 Å². The molecule has 0 aliphatic carbocycles. The van der Waals surface area contributed by atoms with Gasteiger partial charge in [0, 0.05) is 50.7 Å². The summed E-state index contributed by atoms with van der Waals surface area (Å²) in [4.78, 5) is 18.5. The first-order valence-corrected chi connectivity index (χ1v) is 7.84. The Morgan fingerprint density at radius 3 is 2.54 bits per heavy atom. The zero-order valence-corrected chi connectivity index (χ0v) is 14.6. The average molecular weight is 391 g/mol. The number of aromatic nitrogens is 2. The van der Waals surface area contributed by atoms with Crippen LogP contribution in [-0.4, -0.2) is 42.3 Å². The minimum Gasteiger partial charge on any atom is -0.489 e. The van der Waals surface area contributed by atoms with Gasteiger partial charge in [0.15, 0.2) is 29.0 Å². The lowest BCUT2D eigenvalue weighted by molar-refractivity contribution is 0.279. The normalized spacial score (nSPS) is 14.0. The van der Waals surface area contributed by atoms with Crippen LogP contribution in [0.5, 0.6) is 5.75 Å². The summed E-state index contributed by atoms with van der Waals surface area (Å²) in [7, 11) is 0. The quantitative estimate of drug-likeness (QED) is 0.785. The van der Waals surface area contributed by atoms with E-state index < -0.39 is 23.2 Å². The van der Waals surface area contributed by atoms with Crippen molar-refractivity contribution in [2.75, 3.05) is 37.7 Å². The number of nitrogens with one attached hydrogen (secondary N) is 1. The summed E-state index contributed by atoms with van der Waals surface area (Å²) in [6.45, 7) is 2.96. The predicted octanol–water partition coefficient (Wildman–Crippen LogP) is 1.57. The molecule has 0 bridgehead atoms. The Balaban J connectivity index is 0.00000243. The second-order valence-corrected chi connectivity index (χ2v) is 5.53. The summed E-state index contributed by atoms with van der Waals surface area (Å²) in [6.07, 6.45) is 3.01. The SMILES string of the molecule is Cl.O=c1c(N2CCNCC2)nccn1CCOc1cc(F)c(F)cc1F. The molecule has 0 unspecified atom stereocenters. The molecule has 2 heterocycles. The Morgan fingerprint density at radius 2 is 1.81 bits per heavy atom. The van der Waals surface area contributed by atoms with Crippen LogP contribution < -0.4 is 20.5 Å². The van der Waals surface area contributed by atoms with E-state index in [0.29, 0.717) is 31.0 Å². The number of halogens is 4. The summed E-state index contributed by atoms with van der Waals surface area (Å²) in [5.41, 5.74) is -0.279. The van der Waals surface area contributed by atoms with E-state index in [9.17, 15) is 18.0 Å². The standard InChI is InChI=1S/C16H17F3N4O2.ClH/c17-11-9-13(19)14(10-12(11)18)25-8-7-23-6-3-21-15(16(23)24)22-4-1-20-2-5-22;/h3,6,9-10,20H,1-2,4-5,7-8H2;1H. The van der Waals surface area contributed by atoms with Crippen LogP contribution in [0.4, 0.5) is 19.0 Å². The fraction of sp³-hybridized carbons (Fsp3) is 0.375. The van der Waals surface area contributed by atoms with E-state index in [0.717, 1.165) is 13.1 Å². The first-order valence-electron chi connectivity index (χ1n) is 7.84. The second kappa shape index (κ2) is 8.91. The number of hydrogen-bond acceptors (Lipinski definition) is 5. The molecule has 1 aliphatic heterocycles. The van der Waals surface area contributed by atoms with Gasteiger partial charge in [0.1, 0.15) is 6.61 Å². The first-order chi connectivity index (χ1) is 12.1. The second-order valence-electron chi connectivity index (χ2n) is 5.53. The van der Waals surface area contributed by atoms with Crippen molar-refractivity contribution in [1.29, 1.82) is 0 Å². The molecule has 1 fully saturated rings. The van der Waals surface area contributed by atoms with Gasteiger partial charge in [0.05, 0.1) is 6.54 Å². The van der Waals surface area contributed by atoms with Crippen LogP contribution in [0.3, 0.4) is 0 Å². The third-order valence-electron chi connectivity index (χ3n) is 3.88. The molecule has 1 saturated heterocycles. The Bertz CT molecular complexity index is 813. The van der Waals surface area contributed by atoms with Crippen molar-refractivity contribution in [3.63, 3.8) is 0 Å². The number of rotatable bonds is 5. The molecular weight excluding hydrogens is 373 g/mol. The lowest BCUT2D eigenvalue weighted by Crippen LogP contribution is -2.46. The Hall–Kier alpha value is -2.26. The average Bonchev–Trinajstić information content (AvgIpc) is 2.61. The molecule has 0 amide bonds. The molecule has 1 N–H and O–H groups in total. The topological polar surface area (TPSA) is 59.4 Å². The molecule has 26 heavy (non-hydrogen) atoms. The third-order valence-corrected chi connectivity index (χ3v) is 3.88. The highest BCUT2D eigenvalue weighted by molar-refractivity contribution is 5.85. The van der Waals surface area contributed by atoms with Crippen molar-refractivity contribution >= 4 is 18.2 Å². The number of anilines is 1. The predicted molar refractivity (Wildman–Crippen MR) is 92.6 cm³/mol. The van der Waals surface area contributed by atoms with Crippen LogP contribution in [-0.2, 0) is 6.54 Å². The summed E-state index contributed by atoms with van der Waals surface area (Å²) in [5, 5.41) is 3.19. The maximum absolute atomic E-state index is 13.5. The van der Waals surface area contributed by atoms with Gasteiger partial charge in [0.2, 0.25) is 0 Å². The fourth-order valence-electron chi connectivity index (χ4n) is 2.57. The van der Waals surface area contributed by atoms with Gasteiger partial charge in [-0.2, -0.15) is 0 Å². The molecular formula is C16H18ClF3N4O2. The lowest BCUT2D eigenvalue weighted by atomic mass is 10.3. The molecule has 0 atom stereocenters. The molecule has 6 nitrogen and oxygen atoms in total. The molecule has 0 saturated carbocycles. The van der Waals surface area contributed by atoms with E-state index >= 15 is 0 Å². The van der Waals surface area contributed by atoms with Crippen LogP contribution >= 0.6 is 12.4 Å². The Morgan fingerprint density at radius 1 is 1.12 bits per heavy atom. The van der Waals surface area contributed by atoms with Gasteiger partial charge in [-0.15, -0.1) is 12.4 Å². The van der Waals surface area contributed by atoms with Crippen LogP contribution in [0, 0.1) is 17.5 Å². The van der Waals surface area contributed by atoms with Crippen molar-refractivity contribution in [2.24, 2.45) is 0 Å². The molecule has 0 spiro atoms. The van der Waals surface area contributed by atoms with Gasteiger partial charge in [-0.3, -0.25) is 4.79 Å². The monoisotopic (exact) mass is 390 g/mol. The van der Waals surface area contributed by atoms with Crippen LogP contribution in [0.25, 0.3) is 0 Å². The zero-order chi connectivity index (χ0) is 17.8. The number of hydrogen-bond donors (Lipinski definition) is 1. The zero-order valence-electron chi connectivity index (χ0n) is 13.8. The van der Waals surface area contributed by atoms with Crippen LogP contribution in [0.2, 0.25) is 0 Å².